The number of hydrogen-bond donors (Lipinski definition) is 4. The van der Waals surface area contributed by atoms with Crippen molar-refractivity contribution in [3.63, 3.8) is 0 Å². The van der Waals surface area contributed by atoms with E-state index in [1.165, 1.54) is 70.6 Å². The lowest BCUT2D eigenvalue weighted by Crippen LogP contribution is -2.55. The Balaban J connectivity index is -0.00000664. The maximum atomic E-state index is 12.9. The van der Waals surface area contributed by atoms with E-state index in [4.69, 9.17) is 24.1 Å². The molecule has 62 heavy (non-hydrogen) atoms. The Hall–Kier alpha value is -3.26. The molecule has 3 amide bonds. The largest absolute Gasteiger partial charge is 0.480 e. The van der Waals surface area contributed by atoms with Gasteiger partial charge in [0.2, 0.25) is 17.7 Å². The molecule has 366 valence electrons. The van der Waals surface area contributed by atoms with Gasteiger partial charge in [-0.2, -0.15) is 0 Å². The molecule has 4 N–H and O–H groups in total. The number of carbonyl (C=O) groups is 6. The lowest BCUT2D eigenvalue weighted by Gasteiger charge is -2.26. The Morgan fingerprint density at radius 3 is 1.40 bits per heavy atom. The number of carbonyl (C=O) groups excluding carboxylic acids is 5. The van der Waals surface area contributed by atoms with Gasteiger partial charge >= 0.3 is 17.9 Å². The zero-order valence-electron chi connectivity index (χ0n) is 41.5. The van der Waals surface area contributed by atoms with E-state index in [1.807, 2.05) is 34.6 Å². The van der Waals surface area contributed by atoms with E-state index < -0.39 is 53.1 Å². The summed E-state index contributed by atoms with van der Waals surface area (Å²) in [6.07, 6.45) is 20.3. The van der Waals surface area contributed by atoms with Gasteiger partial charge in [0.05, 0.1) is 19.8 Å². The number of nitrogens with one attached hydrogen (secondary N) is 3. The molecule has 1 atom stereocenters. The first-order valence-electron chi connectivity index (χ1n) is 23.8. The molecule has 0 aromatic carbocycles. The van der Waals surface area contributed by atoms with Crippen molar-refractivity contribution >= 4 is 35.6 Å². The molecule has 14 nitrogen and oxygen atoms in total. The summed E-state index contributed by atoms with van der Waals surface area (Å²) in [4.78, 5) is 73.5. The summed E-state index contributed by atoms with van der Waals surface area (Å²) in [5, 5.41) is 16.7. The fraction of sp³-hybridized carbons (Fsp3) is 0.875. The van der Waals surface area contributed by atoms with Crippen LogP contribution in [-0.4, -0.2) is 96.5 Å². The van der Waals surface area contributed by atoms with Crippen LogP contribution >= 0.6 is 0 Å². The summed E-state index contributed by atoms with van der Waals surface area (Å²) in [7, 11) is 0. The normalized spacial score (nSPS) is 11.8. The van der Waals surface area contributed by atoms with Gasteiger partial charge in [0.25, 0.3) is 0 Å². The van der Waals surface area contributed by atoms with Crippen LogP contribution in [0.1, 0.15) is 218 Å². The van der Waals surface area contributed by atoms with Gasteiger partial charge < -0.3 is 40.0 Å². The number of carboxylic acids is 1. The van der Waals surface area contributed by atoms with Crippen molar-refractivity contribution in [2.45, 2.75) is 241 Å². The quantitative estimate of drug-likeness (QED) is 0.0355. The Morgan fingerprint density at radius 1 is 0.548 bits per heavy atom. The zero-order chi connectivity index (χ0) is 47.9. The Labute approximate surface area is 377 Å². The van der Waals surface area contributed by atoms with Gasteiger partial charge in [-0.3, -0.25) is 19.2 Å². The van der Waals surface area contributed by atoms with Crippen molar-refractivity contribution in [2.75, 3.05) is 33.0 Å². The van der Waals surface area contributed by atoms with Gasteiger partial charge in [0.1, 0.15) is 29.4 Å². The molecule has 0 bridgehead atoms. The van der Waals surface area contributed by atoms with E-state index in [2.05, 4.69) is 29.8 Å². The van der Waals surface area contributed by atoms with E-state index in [9.17, 15) is 28.8 Å². The molecule has 0 heterocycles. The number of amides is 3. The van der Waals surface area contributed by atoms with Crippen molar-refractivity contribution in [1.82, 2.24) is 16.0 Å². The first-order valence-corrected chi connectivity index (χ1v) is 23.8. The number of esters is 2. The van der Waals surface area contributed by atoms with Crippen LogP contribution in [0.2, 0.25) is 0 Å². The number of aliphatic carboxylic acids is 1. The van der Waals surface area contributed by atoms with Crippen LogP contribution in [0, 0.1) is 0 Å². The molecule has 0 aromatic heterocycles. The van der Waals surface area contributed by atoms with E-state index in [1.54, 1.807) is 34.6 Å². The fourth-order valence-corrected chi connectivity index (χ4v) is 5.89. The molecule has 0 aliphatic heterocycles. The minimum absolute atomic E-state index is 0.0146. The molecule has 0 fully saturated rings. The van der Waals surface area contributed by atoms with Crippen molar-refractivity contribution in [2.24, 2.45) is 0 Å². The van der Waals surface area contributed by atoms with Crippen molar-refractivity contribution in [1.29, 1.82) is 0 Å². The third kappa shape index (κ3) is 44.8. The van der Waals surface area contributed by atoms with E-state index in [-0.39, 0.29) is 57.5 Å². The minimum atomic E-state index is -1.25. The molecule has 0 radical (unpaired) electrons. The Bertz CT molecular complexity index is 1180. The molecular weight excluding hydrogens is 795 g/mol. The standard InChI is InChI=1S/C43H79N3O11.C3H8.C2H6/c1-41(2,3)56-38(51)26-24-22-20-18-16-14-12-10-9-11-13-15-17-19-21-23-25-35(47)45-34(39(52)57-42(4,5)6)27-28-36(48)46-43(7,8)40(53)44-29-30-54-31-32-55-33-37(49)50;1-3-2;1-2/h34H,9-33H2,1-8H3,(H,44,53)(H,45,47)(H,46,48)(H,49,50);3H2,1-2H3;1-2H3. The summed E-state index contributed by atoms with van der Waals surface area (Å²) in [6.45, 7) is 22.5. The van der Waals surface area contributed by atoms with Gasteiger partial charge in [0, 0.05) is 25.8 Å². The van der Waals surface area contributed by atoms with E-state index in [0.717, 1.165) is 32.1 Å². The number of unbranched alkanes of at least 4 members (excludes halogenated alkanes) is 15. The van der Waals surface area contributed by atoms with Gasteiger partial charge in [-0.25, -0.2) is 9.59 Å². The van der Waals surface area contributed by atoms with Crippen LogP contribution in [0.3, 0.4) is 0 Å². The van der Waals surface area contributed by atoms with Crippen LogP contribution in [0.25, 0.3) is 0 Å². The monoisotopic (exact) mass is 888 g/mol. The zero-order valence-corrected chi connectivity index (χ0v) is 41.5. The topological polar surface area (TPSA) is 196 Å². The lowest BCUT2D eigenvalue weighted by molar-refractivity contribution is -0.159. The highest BCUT2D eigenvalue weighted by Gasteiger charge is 2.31. The average molecular weight is 888 g/mol. The van der Waals surface area contributed by atoms with Crippen LogP contribution in [0.4, 0.5) is 0 Å². The third-order valence-corrected chi connectivity index (χ3v) is 8.79. The second kappa shape index (κ2) is 39.3. The second-order valence-corrected chi connectivity index (χ2v) is 18.1. The Morgan fingerprint density at radius 2 is 0.968 bits per heavy atom. The van der Waals surface area contributed by atoms with Crippen molar-refractivity contribution < 1.29 is 52.8 Å². The fourth-order valence-electron chi connectivity index (χ4n) is 5.89. The summed E-state index contributed by atoms with van der Waals surface area (Å²) >= 11 is 0. The summed E-state index contributed by atoms with van der Waals surface area (Å²) < 4.78 is 21.0. The first kappa shape index (κ1) is 63.0. The molecule has 0 rings (SSSR count). The molecule has 0 aliphatic rings. The number of rotatable bonds is 34. The lowest BCUT2D eigenvalue weighted by atomic mass is 10.0. The van der Waals surface area contributed by atoms with Crippen molar-refractivity contribution in [3.05, 3.63) is 0 Å². The highest BCUT2D eigenvalue weighted by Crippen LogP contribution is 2.16. The molecule has 0 saturated heterocycles. The molecular formula is C48H93N3O11. The minimum Gasteiger partial charge on any atom is -0.480 e. The third-order valence-electron chi connectivity index (χ3n) is 8.79. The second-order valence-electron chi connectivity index (χ2n) is 18.1. The SMILES string of the molecule is CC.CC(C)(C)OC(=O)CCCCCCCCCCCCCCCCCCC(=O)NC(CCC(=O)NC(C)(C)C(=O)NCCOCCOCC(=O)O)C(=O)OC(C)(C)C.CCC. The molecule has 1 unspecified atom stereocenters. The smallest absolute Gasteiger partial charge is 0.329 e. The number of carboxylic acid groups (broad SMARTS) is 1. The van der Waals surface area contributed by atoms with Crippen LogP contribution in [-0.2, 0) is 47.7 Å². The number of ether oxygens (including phenoxy) is 4. The summed E-state index contributed by atoms with van der Waals surface area (Å²) in [6, 6.07) is -1.00. The summed E-state index contributed by atoms with van der Waals surface area (Å²) in [5.41, 5.74) is -2.42. The van der Waals surface area contributed by atoms with Gasteiger partial charge in [-0.15, -0.1) is 0 Å². The average Bonchev–Trinajstić information content (AvgIpc) is 3.16. The van der Waals surface area contributed by atoms with Gasteiger partial charge in [-0.1, -0.05) is 124 Å². The first-order chi connectivity index (χ1) is 29.1. The predicted octanol–water partition coefficient (Wildman–Crippen LogP) is 9.53. The van der Waals surface area contributed by atoms with Gasteiger partial charge in [0.15, 0.2) is 0 Å². The Kier molecular flexibility index (Phi) is 40.0. The van der Waals surface area contributed by atoms with Crippen LogP contribution < -0.4 is 16.0 Å². The van der Waals surface area contributed by atoms with E-state index in [0.29, 0.717) is 12.8 Å². The molecule has 0 saturated carbocycles. The van der Waals surface area contributed by atoms with E-state index >= 15 is 0 Å². The molecule has 0 spiro atoms. The van der Waals surface area contributed by atoms with Crippen molar-refractivity contribution in [3.8, 4) is 0 Å². The van der Waals surface area contributed by atoms with Crippen LogP contribution in [0.5, 0.6) is 0 Å². The molecule has 0 aliphatic carbocycles. The maximum absolute atomic E-state index is 12.9. The molecule has 0 aromatic rings. The number of hydrogen-bond acceptors (Lipinski definition) is 10. The summed E-state index contributed by atoms with van der Waals surface area (Å²) in [5.74, 6) is -2.93. The molecule has 14 heteroatoms. The highest BCUT2D eigenvalue weighted by molar-refractivity contribution is 5.91. The van der Waals surface area contributed by atoms with Gasteiger partial charge in [-0.05, 0) is 74.7 Å². The highest BCUT2D eigenvalue weighted by atomic mass is 16.6. The predicted molar refractivity (Wildman–Crippen MR) is 248 cm³/mol. The van der Waals surface area contributed by atoms with Crippen LogP contribution in [0.15, 0.2) is 0 Å². The maximum Gasteiger partial charge on any atom is 0.329 e.